The van der Waals surface area contributed by atoms with E-state index in [1.165, 1.54) is 12.8 Å². The fourth-order valence-corrected chi connectivity index (χ4v) is 2.35. The second kappa shape index (κ2) is 6.20. The smallest absolute Gasteiger partial charge is 0.240 e. The van der Waals surface area contributed by atoms with Gasteiger partial charge < -0.3 is 10.3 Å². The van der Waals surface area contributed by atoms with Gasteiger partial charge >= 0.3 is 0 Å². The number of likely N-dealkylation sites (tertiary alicyclic amines) is 1. The van der Waals surface area contributed by atoms with E-state index in [1.807, 2.05) is 13.8 Å². The van der Waals surface area contributed by atoms with E-state index in [-0.39, 0.29) is 12.4 Å². The number of aromatic nitrogens is 2. The highest BCUT2D eigenvalue weighted by molar-refractivity contribution is 5.85. The zero-order chi connectivity index (χ0) is 13.3. The molecule has 2 N–H and O–H groups in total. The molecule has 0 aromatic carbocycles. The number of nitrogens with two attached hydrogens (primary N) is 1. The Balaban J connectivity index is 0.00000180. The first-order valence-electron chi connectivity index (χ1n) is 6.72. The molecule has 1 saturated heterocycles. The van der Waals surface area contributed by atoms with Crippen molar-refractivity contribution in [1.29, 1.82) is 0 Å². The summed E-state index contributed by atoms with van der Waals surface area (Å²) in [4.78, 5) is 6.80. The van der Waals surface area contributed by atoms with Crippen LogP contribution in [0.3, 0.4) is 0 Å². The summed E-state index contributed by atoms with van der Waals surface area (Å²) < 4.78 is 5.29. The molecule has 0 aliphatic carbocycles. The molecule has 0 bridgehead atoms. The van der Waals surface area contributed by atoms with Gasteiger partial charge in [-0.2, -0.15) is 4.98 Å². The van der Waals surface area contributed by atoms with Crippen LogP contribution >= 0.6 is 12.4 Å². The molecule has 1 fully saturated rings. The summed E-state index contributed by atoms with van der Waals surface area (Å²) in [7, 11) is 0. The lowest BCUT2D eigenvalue weighted by molar-refractivity contribution is 0.104. The molecule has 2 atom stereocenters. The molecule has 1 aliphatic heterocycles. The SMILES string of the molecule is CC1CCC(C)N(Cc2nc(C(C)(C)N)no2)C1.Cl. The largest absolute Gasteiger partial charge is 0.338 e. The molecule has 5 nitrogen and oxygen atoms in total. The van der Waals surface area contributed by atoms with Crippen molar-refractivity contribution in [3.63, 3.8) is 0 Å². The van der Waals surface area contributed by atoms with Gasteiger partial charge in [-0.05, 0) is 39.5 Å². The van der Waals surface area contributed by atoms with E-state index in [0.717, 1.165) is 19.0 Å². The lowest BCUT2D eigenvalue weighted by Crippen LogP contribution is -2.40. The lowest BCUT2D eigenvalue weighted by Gasteiger charge is -2.35. The minimum atomic E-state index is -0.539. The zero-order valence-electron chi connectivity index (χ0n) is 12.2. The Labute approximate surface area is 121 Å². The number of piperidine rings is 1. The van der Waals surface area contributed by atoms with Crippen LogP contribution in [0.15, 0.2) is 4.52 Å². The lowest BCUT2D eigenvalue weighted by atomic mass is 9.95. The van der Waals surface area contributed by atoms with Crippen LogP contribution in [0.2, 0.25) is 0 Å². The average Bonchev–Trinajstić information content (AvgIpc) is 2.71. The van der Waals surface area contributed by atoms with Gasteiger partial charge in [-0.25, -0.2) is 0 Å². The summed E-state index contributed by atoms with van der Waals surface area (Å²) in [5.74, 6) is 1.99. The molecule has 0 saturated carbocycles. The van der Waals surface area contributed by atoms with Crippen LogP contribution in [-0.4, -0.2) is 27.6 Å². The first-order chi connectivity index (χ1) is 8.36. The zero-order valence-corrected chi connectivity index (χ0v) is 13.0. The predicted octanol–water partition coefficient (Wildman–Crippen LogP) is 2.31. The van der Waals surface area contributed by atoms with Gasteiger partial charge in [0.2, 0.25) is 5.89 Å². The molecule has 0 radical (unpaired) electrons. The Kier molecular flexibility index (Phi) is 5.35. The van der Waals surface area contributed by atoms with Crippen molar-refractivity contribution in [2.75, 3.05) is 6.54 Å². The Morgan fingerprint density at radius 1 is 1.37 bits per heavy atom. The topological polar surface area (TPSA) is 68.2 Å². The van der Waals surface area contributed by atoms with E-state index >= 15 is 0 Å². The maximum atomic E-state index is 5.95. The molecule has 2 unspecified atom stereocenters. The number of halogens is 1. The highest BCUT2D eigenvalue weighted by Crippen LogP contribution is 2.23. The molecule has 110 valence electrons. The van der Waals surface area contributed by atoms with Crippen molar-refractivity contribution in [3.8, 4) is 0 Å². The number of nitrogens with zero attached hydrogens (tertiary/aromatic N) is 3. The van der Waals surface area contributed by atoms with E-state index in [4.69, 9.17) is 10.3 Å². The van der Waals surface area contributed by atoms with Crippen molar-refractivity contribution in [1.82, 2.24) is 15.0 Å². The number of hydrogen-bond donors (Lipinski definition) is 1. The normalized spacial score (nSPS) is 25.1. The molecule has 0 amide bonds. The Hall–Kier alpha value is -0.650. The summed E-state index contributed by atoms with van der Waals surface area (Å²) in [5.41, 5.74) is 5.41. The van der Waals surface area contributed by atoms with Gasteiger partial charge in [-0.3, -0.25) is 4.90 Å². The molecular weight excluding hydrogens is 264 g/mol. The molecule has 1 aliphatic rings. The van der Waals surface area contributed by atoms with E-state index in [0.29, 0.717) is 17.8 Å². The van der Waals surface area contributed by atoms with Crippen LogP contribution in [0.4, 0.5) is 0 Å². The van der Waals surface area contributed by atoms with Crippen molar-refractivity contribution < 1.29 is 4.52 Å². The van der Waals surface area contributed by atoms with Crippen LogP contribution in [0.25, 0.3) is 0 Å². The van der Waals surface area contributed by atoms with Gasteiger partial charge in [0.25, 0.3) is 0 Å². The summed E-state index contributed by atoms with van der Waals surface area (Å²) >= 11 is 0. The van der Waals surface area contributed by atoms with E-state index in [2.05, 4.69) is 28.9 Å². The van der Waals surface area contributed by atoms with Gasteiger partial charge in [0, 0.05) is 12.6 Å². The van der Waals surface area contributed by atoms with Crippen LogP contribution in [0.5, 0.6) is 0 Å². The molecule has 1 aromatic rings. The third-order valence-electron chi connectivity index (χ3n) is 3.63. The highest BCUT2D eigenvalue weighted by atomic mass is 35.5. The fourth-order valence-electron chi connectivity index (χ4n) is 2.35. The highest BCUT2D eigenvalue weighted by Gasteiger charge is 2.26. The van der Waals surface area contributed by atoms with Gasteiger partial charge in [-0.1, -0.05) is 12.1 Å². The van der Waals surface area contributed by atoms with Crippen molar-refractivity contribution in [3.05, 3.63) is 11.7 Å². The number of rotatable bonds is 3. The summed E-state index contributed by atoms with van der Waals surface area (Å²) in [6.07, 6.45) is 2.55. The maximum absolute atomic E-state index is 5.95. The Morgan fingerprint density at radius 3 is 2.63 bits per heavy atom. The van der Waals surface area contributed by atoms with Crippen LogP contribution in [-0.2, 0) is 12.1 Å². The van der Waals surface area contributed by atoms with Gasteiger partial charge in [0.15, 0.2) is 5.82 Å². The van der Waals surface area contributed by atoms with Gasteiger partial charge in [0.1, 0.15) is 0 Å². The van der Waals surface area contributed by atoms with Crippen molar-refractivity contribution in [2.45, 2.75) is 58.7 Å². The molecule has 0 spiro atoms. The molecule has 6 heteroatoms. The van der Waals surface area contributed by atoms with Crippen molar-refractivity contribution in [2.24, 2.45) is 11.7 Å². The molecule has 1 aromatic heterocycles. The third kappa shape index (κ3) is 4.16. The second-order valence-electron chi connectivity index (χ2n) is 6.19. The van der Waals surface area contributed by atoms with E-state index < -0.39 is 5.54 Å². The first kappa shape index (κ1) is 16.4. The molecule has 2 rings (SSSR count). The second-order valence-corrected chi connectivity index (χ2v) is 6.19. The van der Waals surface area contributed by atoms with Gasteiger partial charge in [0.05, 0.1) is 12.1 Å². The summed E-state index contributed by atoms with van der Waals surface area (Å²) in [6.45, 7) is 10.1. The van der Waals surface area contributed by atoms with Crippen LogP contribution in [0.1, 0.15) is 52.3 Å². The maximum Gasteiger partial charge on any atom is 0.240 e. The fraction of sp³-hybridized carbons (Fsp3) is 0.846. The third-order valence-corrected chi connectivity index (χ3v) is 3.63. The quantitative estimate of drug-likeness (QED) is 0.924. The Morgan fingerprint density at radius 2 is 2.05 bits per heavy atom. The minimum absolute atomic E-state index is 0. The molecular formula is C13H25ClN4O. The van der Waals surface area contributed by atoms with E-state index in [1.54, 1.807) is 0 Å². The Bertz CT molecular complexity index is 402. The summed E-state index contributed by atoms with van der Waals surface area (Å²) in [5, 5.41) is 3.96. The standard InChI is InChI=1S/C13H24N4O.ClH/c1-9-5-6-10(2)17(7-9)8-11-15-12(16-18-11)13(3,4)14;/h9-10H,5-8,14H2,1-4H3;1H. The predicted molar refractivity (Wildman–Crippen MR) is 77.0 cm³/mol. The average molecular weight is 289 g/mol. The van der Waals surface area contributed by atoms with Gasteiger partial charge in [-0.15, -0.1) is 12.4 Å². The van der Waals surface area contributed by atoms with Crippen LogP contribution in [0, 0.1) is 5.92 Å². The number of hydrogen-bond acceptors (Lipinski definition) is 5. The van der Waals surface area contributed by atoms with Crippen LogP contribution < -0.4 is 5.73 Å². The monoisotopic (exact) mass is 288 g/mol. The molecule has 19 heavy (non-hydrogen) atoms. The summed E-state index contributed by atoms with van der Waals surface area (Å²) in [6, 6.07) is 0.586. The van der Waals surface area contributed by atoms with Crippen molar-refractivity contribution >= 4 is 12.4 Å². The van der Waals surface area contributed by atoms with E-state index in [9.17, 15) is 0 Å². The minimum Gasteiger partial charge on any atom is -0.338 e. The molecule has 2 heterocycles. The first-order valence-corrected chi connectivity index (χ1v) is 6.72.